The summed E-state index contributed by atoms with van der Waals surface area (Å²) in [7, 11) is 0. The van der Waals surface area contributed by atoms with Crippen molar-refractivity contribution in [2.45, 2.75) is 0 Å². The quantitative estimate of drug-likeness (QED) is 0.188. The van der Waals surface area contributed by atoms with Gasteiger partial charge in [-0.25, -0.2) is 4.85 Å². The van der Waals surface area contributed by atoms with Crippen molar-refractivity contribution in [1.82, 2.24) is 9.13 Å². The van der Waals surface area contributed by atoms with Gasteiger partial charge in [0.15, 0.2) is 0 Å². The molecule has 0 atom stereocenters. The highest BCUT2D eigenvalue weighted by atomic mass is 32.1. The minimum absolute atomic E-state index is 0.207. The van der Waals surface area contributed by atoms with Gasteiger partial charge in [0.2, 0.25) is 5.69 Å². The Morgan fingerprint density at radius 1 is 0.556 bits per heavy atom. The topological polar surface area (TPSA) is 61.8 Å². The first-order chi connectivity index (χ1) is 22.2. The Bertz CT molecular complexity index is 2850. The molecule has 0 N–H and O–H groups in total. The zero-order valence-corrected chi connectivity index (χ0v) is 24.4. The van der Waals surface area contributed by atoms with Crippen LogP contribution < -0.4 is 0 Å². The smallest absolute Gasteiger partial charge is 0.206 e. The van der Waals surface area contributed by atoms with E-state index in [4.69, 9.17) is 6.57 Å². The lowest BCUT2D eigenvalue weighted by Gasteiger charge is -2.13. The predicted molar refractivity (Wildman–Crippen MR) is 184 cm³/mol. The molecule has 6 heteroatoms. The maximum absolute atomic E-state index is 10.2. The van der Waals surface area contributed by atoms with Crippen LogP contribution in [0.5, 0.6) is 0 Å². The number of hydrogen-bond donors (Lipinski definition) is 0. The van der Waals surface area contributed by atoms with Gasteiger partial charge >= 0.3 is 0 Å². The van der Waals surface area contributed by atoms with Crippen LogP contribution in [0.4, 0.5) is 5.69 Å². The Hall–Kier alpha value is -6.39. The minimum Gasteiger partial charge on any atom is -0.309 e. The second kappa shape index (κ2) is 9.30. The van der Waals surface area contributed by atoms with Crippen LogP contribution in [-0.2, 0) is 0 Å². The summed E-state index contributed by atoms with van der Waals surface area (Å²) in [5, 5.41) is 27.3. The van der Waals surface area contributed by atoms with Gasteiger partial charge in [-0.3, -0.25) is 0 Å². The summed E-state index contributed by atoms with van der Waals surface area (Å²) in [5.74, 6) is 0. The fraction of sp³-hybridized carbons (Fsp3) is 0. The van der Waals surface area contributed by atoms with Crippen molar-refractivity contribution >= 4 is 80.8 Å². The van der Waals surface area contributed by atoms with Crippen molar-refractivity contribution in [3.63, 3.8) is 0 Å². The molecule has 9 aromatic rings. The Morgan fingerprint density at radius 3 is 1.73 bits per heavy atom. The van der Waals surface area contributed by atoms with Gasteiger partial charge in [-0.05, 0) is 36.4 Å². The number of para-hydroxylation sites is 3. The fourth-order valence-electron chi connectivity index (χ4n) is 7.00. The first kappa shape index (κ1) is 25.1. The number of hydrogen-bond acceptors (Lipinski definition) is 3. The van der Waals surface area contributed by atoms with Crippen LogP contribution in [0.1, 0.15) is 11.1 Å². The summed E-state index contributed by atoms with van der Waals surface area (Å²) in [6.45, 7) is 7.69. The largest absolute Gasteiger partial charge is 0.309 e. The van der Waals surface area contributed by atoms with Gasteiger partial charge in [0.1, 0.15) is 6.07 Å². The zero-order valence-electron chi connectivity index (χ0n) is 23.6. The van der Waals surface area contributed by atoms with Crippen molar-refractivity contribution in [2.24, 2.45) is 0 Å². The molecule has 45 heavy (non-hydrogen) atoms. The van der Waals surface area contributed by atoms with Crippen LogP contribution in [0.2, 0.25) is 0 Å². The number of benzene rings is 6. The van der Waals surface area contributed by atoms with E-state index in [0.717, 1.165) is 43.2 Å². The van der Waals surface area contributed by atoms with Crippen LogP contribution in [0.3, 0.4) is 0 Å². The minimum atomic E-state index is 0.207. The van der Waals surface area contributed by atoms with E-state index >= 15 is 0 Å². The second-order valence-electron chi connectivity index (χ2n) is 11.0. The third-order valence-corrected chi connectivity index (χ3v) is 10.1. The lowest BCUT2D eigenvalue weighted by molar-refractivity contribution is 1.16. The van der Waals surface area contributed by atoms with E-state index < -0.39 is 0 Å². The summed E-state index contributed by atoms with van der Waals surface area (Å²) in [6, 6.07) is 43.6. The molecule has 0 bridgehead atoms. The number of thiophene rings is 1. The lowest BCUT2D eigenvalue weighted by Crippen LogP contribution is -2.01. The molecule has 0 aliphatic carbocycles. The predicted octanol–water partition coefficient (Wildman–Crippen LogP) is 10.5. The molecular weight excluding hydrogens is 571 g/mol. The second-order valence-corrected chi connectivity index (χ2v) is 12.0. The van der Waals surface area contributed by atoms with E-state index in [2.05, 4.69) is 100 Å². The van der Waals surface area contributed by atoms with Crippen molar-refractivity contribution in [1.29, 1.82) is 10.5 Å². The summed E-state index contributed by atoms with van der Waals surface area (Å²) in [5.41, 5.74) is 6.48. The number of nitrogens with zero attached hydrogens (tertiary/aromatic N) is 5. The molecule has 5 nitrogen and oxygen atoms in total. The van der Waals surface area contributed by atoms with Gasteiger partial charge in [-0.1, -0.05) is 78.9 Å². The zero-order chi connectivity index (χ0) is 30.2. The van der Waals surface area contributed by atoms with E-state index in [1.165, 1.54) is 26.2 Å². The molecule has 206 valence electrons. The molecule has 6 aromatic carbocycles. The van der Waals surface area contributed by atoms with Crippen LogP contribution in [0, 0.1) is 29.2 Å². The van der Waals surface area contributed by atoms with Gasteiger partial charge in [0, 0.05) is 47.4 Å². The molecule has 0 saturated carbocycles. The highest BCUT2D eigenvalue weighted by Crippen LogP contribution is 2.48. The third-order valence-electron chi connectivity index (χ3n) is 8.82. The normalized spacial score (nSPS) is 11.5. The molecule has 3 heterocycles. The van der Waals surface area contributed by atoms with Crippen molar-refractivity contribution in [3.8, 4) is 23.5 Å². The summed E-state index contributed by atoms with van der Waals surface area (Å²) in [6.07, 6.45) is 0. The van der Waals surface area contributed by atoms with E-state index in [9.17, 15) is 10.5 Å². The Labute approximate surface area is 261 Å². The van der Waals surface area contributed by atoms with Gasteiger partial charge < -0.3 is 9.13 Å². The van der Waals surface area contributed by atoms with E-state index in [-0.39, 0.29) is 11.3 Å². The van der Waals surface area contributed by atoms with Gasteiger partial charge in [0.25, 0.3) is 0 Å². The molecule has 9 rings (SSSR count). The molecule has 0 fully saturated rings. The fourth-order valence-corrected chi connectivity index (χ4v) is 8.41. The van der Waals surface area contributed by atoms with Crippen LogP contribution >= 0.6 is 11.3 Å². The van der Waals surface area contributed by atoms with Crippen molar-refractivity contribution in [3.05, 3.63) is 138 Å². The number of nitriles is 2. The lowest BCUT2D eigenvalue weighted by atomic mass is 10.0. The SMILES string of the molecule is [C-]#[N+]c1ccc(C#N)c(-n2c3ccccc3c3c4sc5c(ccc6c5c5ccccc5n6-c5ccccc5)c4ccc32)c1C#N. The third kappa shape index (κ3) is 3.28. The molecular formula is C39H19N5S. The van der Waals surface area contributed by atoms with Crippen LogP contribution in [-0.4, -0.2) is 9.13 Å². The number of aromatic nitrogens is 2. The molecule has 0 unspecified atom stereocenters. The average molecular weight is 590 g/mol. The van der Waals surface area contributed by atoms with Crippen molar-refractivity contribution in [2.75, 3.05) is 0 Å². The number of rotatable bonds is 2. The summed E-state index contributed by atoms with van der Waals surface area (Å²) < 4.78 is 6.72. The van der Waals surface area contributed by atoms with Gasteiger partial charge in [-0.2, -0.15) is 10.5 Å². The monoisotopic (exact) mass is 589 g/mol. The van der Waals surface area contributed by atoms with E-state index in [1.54, 1.807) is 23.5 Å². The van der Waals surface area contributed by atoms with E-state index in [1.807, 2.05) is 28.8 Å². The van der Waals surface area contributed by atoms with Crippen LogP contribution in [0.15, 0.2) is 115 Å². The molecule has 0 aliphatic rings. The maximum Gasteiger partial charge on any atom is 0.206 e. The summed E-state index contributed by atoms with van der Waals surface area (Å²) >= 11 is 1.79. The standard InChI is InChI=1S/C39H19N5S/c1-42-30-18-15-23(21-40)37(29(30)22-41)44-32-14-8-6-12-28(32)36-34(44)20-17-26-25-16-19-33-35(38(25)45-39(26)36)27-11-5-7-13-31(27)43(33)24-9-3-2-4-10-24/h2-20H. The average Bonchev–Trinajstić information content (AvgIpc) is 3.75. The van der Waals surface area contributed by atoms with E-state index in [0.29, 0.717) is 11.3 Å². The van der Waals surface area contributed by atoms with Gasteiger partial charge in [-0.15, -0.1) is 11.3 Å². The first-order valence-electron chi connectivity index (χ1n) is 14.4. The van der Waals surface area contributed by atoms with Crippen molar-refractivity contribution < 1.29 is 0 Å². The molecule has 0 radical (unpaired) electrons. The Morgan fingerprint density at radius 2 is 1.13 bits per heavy atom. The highest BCUT2D eigenvalue weighted by molar-refractivity contribution is 7.27. The Kier molecular flexibility index (Phi) is 5.20. The molecule has 0 amide bonds. The highest BCUT2D eigenvalue weighted by Gasteiger charge is 2.24. The summed E-state index contributed by atoms with van der Waals surface area (Å²) in [4.78, 5) is 3.61. The molecule has 3 aromatic heterocycles. The molecule has 0 spiro atoms. The Balaban J connectivity index is 1.46. The molecule has 0 saturated heterocycles. The maximum atomic E-state index is 10.2. The first-order valence-corrected chi connectivity index (χ1v) is 15.3. The van der Waals surface area contributed by atoms with Gasteiger partial charge in [0.05, 0.1) is 51.5 Å². The number of fused-ring (bicyclic) bond motifs is 11. The van der Waals surface area contributed by atoms with Crippen LogP contribution in [0.25, 0.3) is 80.0 Å². The molecule has 0 aliphatic heterocycles.